The molecule has 216 valence electrons. The lowest BCUT2D eigenvalue weighted by Crippen LogP contribution is -2.52. The summed E-state index contributed by atoms with van der Waals surface area (Å²) in [5.41, 5.74) is 2.32. The van der Waals surface area contributed by atoms with Crippen LogP contribution in [0.5, 0.6) is 0 Å². The maximum atomic E-state index is 11.4. The lowest BCUT2D eigenvalue weighted by atomic mass is 9.92. The third kappa shape index (κ3) is 13.8. The molecule has 0 fully saturated rings. The molecular weight excluding hydrogens is 608 g/mol. The summed E-state index contributed by atoms with van der Waals surface area (Å²) in [6, 6.07) is 0. The number of halogens is 2. The van der Waals surface area contributed by atoms with Crippen molar-refractivity contribution in [2.24, 2.45) is 11.8 Å². The van der Waals surface area contributed by atoms with Gasteiger partial charge in [-0.15, -0.1) is 0 Å². The minimum atomic E-state index is -0.880. The molecule has 0 aromatic heterocycles. The van der Waals surface area contributed by atoms with Crippen molar-refractivity contribution in [2.75, 3.05) is 39.1 Å². The molecule has 4 atom stereocenters. The number of hydrogen-bond donors (Lipinski definition) is 0. The van der Waals surface area contributed by atoms with Crippen LogP contribution in [0.3, 0.4) is 0 Å². The molecular formula is C28H48Br2O7. The summed E-state index contributed by atoms with van der Waals surface area (Å²) in [7, 11) is 6.15. The predicted molar refractivity (Wildman–Crippen MR) is 155 cm³/mol. The maximum Gasteiger partial charge on any atom is 0.305 e. The number of rotatable bonds is 20. The van der Waals surface area contributed by atoms with Crippen molar-refractivity contribution in [3.05, 3.63) is 23.3 Å². The van der Waals surface area contributed by atoms with Crippen LogP contribution in [0, 0.1) is 11.8 Å². The summed E-state index contributed by atoms with van der Waals surface area (Å²) >= 11 is 7.32. The summed E-state index contributed by atoms with van der Waals surface area (Å²) in [5.74, 6) is -2.03. The van der Waals surface area contributed by atoms with Gasteiger partial charge in [0.25, 0.3) is 0 Å². The molecule has 0 N–H and O–H groups in total. The number of carbonyl (C=O) groups is 2. The van der Waals surface area contributed by atoms with Gasteiger partial charge in [0.05, 0.1) is 14.2 Å². The van der Waals surface area contributed by atoms with Gasteiger partial charge in [0.2, 0.25) is 0 Å². The van der Waals surface area contributed by atoms with E-state index in [-0.39, 0.29) is 23.8 Å². The number of ether oxygens (including phenoxy) is 5. The van der Waals surface area contributed by atoms with E-state index in [0.29, 0.717) is 36.3 Å². The molecule has 9 heteroatoms. The number of alkyl halides is 2. The molecule has 7 nitrogen and oxygen atoms in total. The van der Waals surface area contributed by atoms with Gasteiger partial charge < -0.3 is 23.7 Å². The van der Waals surface area contributed by atoms with Gasteiger partial charge >= 0.3 is 11.9 Å². The molecule has 0 heterocycles. The highest BCUT2D eigenvalue weighted by Gasteiger charge is 2.45. The zero-order valence-electron chi connectivity index (χ0n) is 24.0. The minimum absolute atomic E-state index is 0.0630. The zero-order chi connectivity index (χ0) is 28.5. The Kier molecular flexibility index (Phi) is 19.0. The Morgan fingerprint density at radius 3 is 1.32 bits per heavy atom. The number of esters is 2. The van der Waals surface area contributed by atoms with Crippen LogP contribution in [0.15, 0.2) is 23.3 Å². The molecule has 0 rings (SSSR count). The average molecular weight is 656 g/mol. The van der Waals surface area contributed by atoms with Gasteiger partial charge in [0.1, 0.15) is 0 Å². The van der Waals surface area contributed by atoms with Crippen molar-refractivity contribution in [2.45, 2.75) is 90.6 Å². The second kappa shape index (κ2) is 19.3. The lowest BCUT2D eigenvalue weighted by Gasteiger charge is -2.45. The van der Waals surface area contributed by atoms with Crippen molar-refractivity contribution in [3.8, 4) is 0 Å². The molecule has 0 aromatic rings. The Bertz CT molecular complexity index is 680. The van der Waals surface area contributed by atoms with Crippen LogP contribution >= 0.6 is 31.9 Å². The summed E-state index contributed by atoms with van der Waals surface area (Å²) in [6.45, 7) is 8.00. The molecule has 0 spiro atoms. The van der Waals surface area contributed by atoms with Crippen LogP contribution in [0.1, 0.15) is 79.1 Å². The Balaban J connectivity index is 5.29. The first-order valence-electron chi connectivity index (χ1n) is 12.8. The second-order valence-corrected chi connectivity index (χ2v) is 10.9. The van der Waals surface area contributed by atoms with E-state index >= 15 is 0 Å². The highest BCUT2D eigenvalue weighted by molar-refractivity contribution is 9.09. The fraction of sp³-hybridized carbons (Fsp3) is 0.786. The SMILES string of the molecule is COC(=O)CCC(C)=CCCC(CBr)C(C)(OC)OC(C)(OC)C(CBr)CCC=C(C)CCC(=O)OC. The number of allylic oxidation sites excluding steroid dienone is 4. The van der Waals surface area contributed by atoms with E-state index in [1.165, 1.54) is 14.2 Å². The quantitative estimate of drug-likeness (QED) is 0.0598. The smallest absolute Gasteiger partial charge is 0.305 e. The molecule has 0 aromatic carbocycles. The van der Waals surface area contributed by atoms with Crippen LogP contribution in [0.4, 0.5) is 0 Å². The standard InChI is InChI=1S/C28H48Br2O7/c1-21(15-17-25(31)33-5)11-9-13-23(19-29)27(3,35-7)37-28(4,36-8)24(20-30)14-10-12-22(2)16-18-26(32)34-6/h11-12,23-24H,9-10,13-20H2,1-8H3. The number of methoxy groups -OCH3 is 4. The molecule has 0 aliphatic carbocycles. The molecule has 0 radical (unpaired) electrons. The van der Waals surface area contributed by atoms with Gasteiger partial charge in [-0.05, 0) is 66.2 Å². The Hall–Kier alpha value is -0.740. The van der Waals surface area contributed by atoms with E-state index < -0.39 is 11.6 Å². The third-order valence-electron chi connectivity index (χ3n) is 6.99. The van der Waals surface area contributed by atoms with E-state index in [1.54, 1.807) is 14.2 Å². The van der Waals surface area contributed by atoms with Crippen LogP contribution in [-0.2, 0) is 33.3 Å². The molecule has 0 aliphatic heterocycles. The van der Waals surface area contributed by atoms with E-state index in [0.717, 1.165) is 36.8 Å². The first kappa shape index (κ1) is 36.3. The topological polar surface area (TPSA) is 80.3 Å². The van der Waals surface area contributed by atoms with Gasteiger partial charge in [-0.25, -0.2) is 0 Å². The van der Waals surface area contributed by atoms with E-state index in [1.807, 2.05) is 27.7 Å². The third-order valence-corrected chi connectivity index (χ3v) is 8.55. The average Bonchev–Trinajstić information content (AvgIpc) is 2.90. The largest absolute Gasteiger partial charge is 0.469 e. The van der Waals surface area contributed by atoms with Crippen molar-refractivity contribution in [1.29, 1.82) is 0 Å². The number of hydrogen-bond acceptors (Lipinski definition) is 7. The molecule has 0 saturated heterocycles. The molecule has 37 heavy (non-hydrogen) atoms. The zero-order valence-corrected chi connectivity index (χ0v) is 27.2. The molecule has 0 amide bonds. The Labute approximate surface area is 241 Å². The van der Waals surface area contributed by atoms with Gasteiger partial charge in [0, 0.05) is 49.6 Å². The summed E-state index contributed by atoms with van der Waals surface area (Å²) in [6.07, 6.45) is 9.85. The van der Waals surface area contributed by atoms with Crippen molar-refractivity contribution < 1.29 is 33.3 Å². The minimum Gasteiger partial charge on any atom is -0.469 e. The first-order valence-corrected chi connectivity index (χ1v) is 15.1. The van der Waals surface area contributed by atoms with Crippen molar-refractivity contribution in [3.63, 3.8) is 0 Å². The van der Waals surface area contributed by atoms with Gasteiger partial charge in [0.15, 0.2) is 11.6 Å². The van der Waals surface area contributed by atoms with Gasteiger partial charge in [-0.1, -0.05) is 55.2 Å². The fourth-order valence-corrected chi connectivity index (χ4v) is 5.84. The summed E-state index contributed by atoms with van der Waals surface area (Å²) < 4.78 is 28.0. The van der Waals surface area contributed by atoms with Crippen molar-refractivity contribution in [1.82, 2.24) is 0 Å². The Morgan fingerprint density at radius 1 is 0.703 bits per heavy atom. The monoisotopic (exact) mass is 654 g/mol. The van der Waals surface area contributed by atoms with Crippen LogP contribution in [-0.4, -0.2) is 62.6 Å². The summed E-state index contributed by atoms with van der Waals surface area (Å²) in [4.78, 5) is 22.8. The van der Waals surface area contributed by atoms with E-state index in [4.69, 9.17) is 23.7 Å². The molecule has 0 aliphatic rings. The fourth-order valence-electron chi connectivity index (χ4n) is 4.01. The van der Waals surface area contributed by atoms with Crippen LogP contribution in [0.2, 0.25) is 0 Å². The molecule has 4 unspecified atom stereocenters. The van der Waals surface area contributed by atoms with Crippen LogP contribution < -0.4 is 0 Å². The van der Waals surface area contributed by atoms with E-state index in [9.17, 15) is 9.59 Å². The summed E-state index contributed by atoms with van der Waals surface area (Å²) in [5, 5.41) is 1.40. The maximum absolute atomic E-state index is 11.4. The van der Waals surface area contributed by atoms with Gasteiger partial charge in [-0.2, -0.15) is 0 Å². The highest BCUT2D eigenvalue weighted by Crippen LogP contribution is 2.38. The molecule has 0 saturated carbocycles. The van der Waals surface area contributed by atoms with E-state index in [2.05, 4.69) is 44.0 Å². The lowest BCUT2D eigenvalue weighted by molar-refractivity contribution is -0.364. The highest BCUT2D eigenvalue weighted by atomic mass is 79.9. The normalized spacial score (nSPS) is 17.5. The second-order valence-electron chi connectivity index (χ2n) is 9.65. The van der Waals surface area contributed by atoms with Gasteiger partial charge in [-0.3, -0.25) is 9.59 Å². The molecule has 0 bridgehead atoms. The van der Waals surface area contributed by atoms with Crippen LogP contribution in [0.25, 0.3) is 0 Å². The van der Waals surface area contributed by atoms with Crippen molar-refractivity contribution >= 4 is 43.8 Å². The predicted octanol–water partition coefficient (Wildman–Crippen LogP) is 7.11. The first-order chi connectivity index (χ1) is 17.4. The Morgan fingerprint density at radius 2 is 1.05 bits per heavy atom. The number of carbonyl (C=O) groups excluding carboxylic acids is 2.